The number of unbranched alkanes of at least 4 members (excludes halogenated alkanes) is 2. The topological polar surface area (TPSA) is 70.1 Å². The maximum atomic E-state index is 13.3. The minimum absolute atomic E-state index is 0.0700. The van der Waals surface area contributed by atoms with Crippen molar-refractivity contribution in [3.8, 4) is 5.75 Å². The number of halogens is 1. The highest BCUT2D eigenvalue weighted by molar-refractivity contribution is 6.46. The van der Waals surface area contributed by atoms with Crippen molar-refractivity contribution in [3.63, 3.8) is 0 Å². The Morgan fingerprint density at radius 2 is 1.58 bits per heavy atom. The average Bonchev–Trinajstić information content (AvgIpc) is 3.14. The van der Waals surface area contributed by atoms with Gasteiger partial charge in [-0.15, -0.1) is 0 Å². The average molecular weight is 513 g/mol. The van der Waals surface area contributed by atoms with E-state index in [4.69, 9.17) is 16.3 Å². The number of aliphatic hydroxyl groups excluding tert-OH is 1. The lowest BCUT2D eigenvalue weighted by molar-refractivity contribution is -0.140. The van der Waals surface area contributed by atoms with E-state index in [1.54, 1.807) is 42.3 Å². The number of rotatable bonds is 13. The van der Waals surface area contributed by atoms with Crippen LogP contribution in [0.3, 0.4) is 0 Å². The maximum Gasteiger partial charge on any atom is 0.295 e. The highest BCUT2D eigenvalue weighted by Crippen LogP contribution is 2.42. The Bertz CT molecular complexity index is 1060. The molecule has 0 aromatic heterocycles. The van der Waals surface area contributed by atoms with E-state index in [1.165, 1.54) is 0 Å². The monoisotopic (exact) mass is 512 g/mol. The number of aliphatic hydroxyl groups is 1. The molecular formula is C29H37ClN2O4. The van der Waals surface area contributed by atoms with E-state index in [2.05, 4.69) is 18.7 Å². The second kappa shape index (κ2) is 13.5. The maximum absolute atomic E-state index is 13.3. The van der Waals surface area contributed by atoms with Gasteiger partial charge in [0.1, 0.15) is 11.5 Å². The number of amides is 1. The fourth-order valence-corrected chi connectivity index (χ4v) is 4.78. The van der Waals surface area contributed by atoms with Gasteiger partial charge in [0, 0.05) is 22.7 Å². The lowest BCUT2D eigenvalue weighted by Gasteiger charge is -2.28. The van der Waals surface area contributed by atoms with Crippen LogP contribution in [-0.2, 0) is 9.59 Å². The highest BCUT2D eigenvalue weighted by atomic mass is 35.5. The third-order valence-electron chi connectivity index (χ3n) is 6.62. The first kappa shape index (κ1) is 27.8. The predicted octanol–water partition coefficient (Wildman–Crippen LogP) is 6.06. The summed E-state index contributed by atoms with van der Waals surface area (Å²) in [5.41, 5.74) is 1.17. The summed E-state index contributed by atoms with van der Waals surface area (Å²) in [5, 5.41) is 11.7. The van der Waals surface area contributed by atoms with Crippen molar-refractivity contribution in [2.24, 2.45) is 0 Å². The highest BCUT2D eigenvalue weighted by Gasteiger charge is 2.46. The first-order chi connectivity index (χ1) is 17.4. The first-order valence-electron chi connectivity index (χ1n) is 12.8. The molecule has 1 atom stereocenters. The van der Waals surface area contributed by atoms with Gasteiger partial charge in [0.15, 0.2) is 0 Å². The van der Waals surface area contributed by atoms with Crippen molar-refractivity contribution in [3.05, 3.63) is 70.3 Å². The Balaban J connectivity index is 1.95. The van der Waals surface area contributed by atoms with Crippen molar-refractivity contribution in [1.29, 1.82) is 0 Å². The zero-order valence-corrected chi connectivity index (χ0v) is 22.3. The van der Waals surface area contributed by atoms with Gasteiger partial charge in [0.25, 0.3) is 11.7 Å². The number of hydrogen-bond acceptors (Lipinski definition) is 5. The van der Waals surface area contributed by atoms with Gasteiger partial charge in [-0.1, -0.05) is 56.5 Å². The molecule has 1 heterocycles. The number of ketones is 1. The molecule has 36 heavy (non-hydrogen) atoms. The SMILES string of the molecule is CCCCN(CCCC)CCCN1C(=O)C(=O)C(=C(O)c2ccc(Cl)cc2)[C@@H]1c1ccccc1OC. The Kier molecular flexibility index (Phi) is 10.4. The van der Waals surface area contributed by atoms with Crippen molar-refractivity contribution in [2.75, 3.05) is 33.3 Å². The summed E-state index contributed by atoms with van der Waals surface area (Å²) in [7, 11) is 1.56. The van der Waals surface area contributed by atoms with Crippen LogP contribution in [0.2, 0.25) is 5.02 Å². The van der Waals surface area contributed by atoms with Crippen LogP contribution in [0, 0.1) is 0 Å². The normalized spacial score (nSPS) is 17.2. The summed E-state index contributed by atoms with van der Waals surface area (Å²) in [4.78, 5) is 30.6. The van der Waals surface area contributed by atoms with Gasteiger partial charge < -0.3 is 19.6 Å². The van der Waals surface area contributed by atoms with E-state index < -0.39 is 17.7 Å². The number of para-hydroxylation sites is 1. The van der Waals surface area contributed by atoms with Gasteiger partial charge in [-0.3, -0.25) is 9.59 Å². The summed E-state index contributed by atoms with van der Waals surface area (Å²) >= 11 is 6.01. The number of methoxy groups -OCH3 is 1. The molecule has 1 N–H and O–H groups in total. The van der Waals surface area contributed by atoms with Gasteiger partial charge in [-0.25, -0.2) is 0 Å². The van der Waals surface area contributed by atoms with Crippen LogP contribution >= 0.6 is 11.6 Å². The van der Waals surface area contributed by atoms with Crippen LogP contribution in [0.4, 0.5) is 0 Å². The van der Waals surface area contributed by atoms with E-state index in [1.807, 2.05) is 18.2 Å². The molecule has 0 unspecified atom stereocenters. The number of carbonyl (C=O) groups excluding carboxylic acids is 2. The molecule has 1 fully saturated rings. The smallest absolute Gasteiger partial charge is 0.295 e. The number of nitrogens with zero attached hydrogens (tertiary/aromatic N) is 2. The fraction of sp³-hybridized carbons (Fsp3) is 0.448. The number of benzene rings is 2. The molecule has 0 saturated carbocycles. The number of likely N-dealkylation sites (tertiary alicyclic amines) is 1. The third-order valence-corrected chi connectivity index (χ3v) is 6.87. The van der Waals surface area contributed by atoms with E-state index >= 15 is 0 Å². The van der Waals surface area contributed by atoms with Gasteiger partial charge in [0.05, 0.1) is 18.7 Å². The number of Topliss-reactive ketones (excluding diaryl/α,β-unsaturated/α-hetero) is 1. The van der Waals surface area contributed by atoms with Gasteiger partial charge in [-0.05, 0) is 69.2 Å². The fourth-order valence-electron chi connectivity index (χ4n) is 4.65. The minimum Gasteiger partial charge on any atom is -0.507 e. The summed E-state index contributed by atoms with van der Waals surface area (Å²) in [6.45, 7) is 7.68. The Hall–Kier alpha value is -2.83. The second-order valence-electron chi connectivity index (χ2n) is 9.14. The van der Waals surface area contributed by atoms with Gasteiger partial charge in [-0.2, -0.15) is 0 Å². The molecule has 1 aliphatic rings. The number of ether oxygens (including phenoxy) is 1. The van der Waals surface area contributed by atoms with Gasteiger partial charge >= 0.3 is 0 Å². The van der Waals surface area contributed by atoms with E-state index in [-0.39, 0.29) is 11.3 Å². The molecule has 7 heteroatoms. The molecule has 0 aliphatic carbocycles. The molecule has 0 spiro atoms. The Labute approximate surface area is 219 Å². The largest absolute Gasteiger partial charge is 0.507 e. The molecule has 0 radical (unpaired) electrons. The molecule has 2 aromatic rings. The minimum atomic E-state index is -0.739. The molecule has 194 valence electrons. The van der Waals surface area contributed by atoms with Crippen molar-refractivity contribution in [2.45, 2.75) is 52.0 Å². The van der Waals surface area contributed by atoms with Crippen LogP contribution in [0.5, 0.6) is 5.75 Å². The van der Waals surface area contributed by atoms with Crippen molar-refractivity contribution >= 4 is 29.1 Å². The Morgan fingerprint density at radius 1 is 0.972 bits per heavy atom. The zero-order chi connectivity index (χ0) is 26.1. The molecule has 1 aliphatic heterocycles. The van der Waals surface area contributed by atoms with E-state index in [0.717, 1.165) is 51.7 Å². The summed E-state index contributed by atoms with van der Waals surface area (Å²) in [5.74, 6) is -0.942. The quantitative estimate of drug-likeness (QED) is 0.200. The zero-order valence-electron chi connectivity index (χ0n) is 21.5. The van der Waals surface area contributed by atoms with Crippen LogP contribution in [-0.4, -0.2) is 59.9 Å². The van der Waals surface area contributed by atoms with Gasteiger partial charge in [0.2, 0.25) is 0 Å². The van der Waals surface area contributed by atoms with Crippen molar-refractivity contribution in [1.82, 2.24) is 9.80 Å². The predicted molar refractivity (Wildman–Crippen MR) is 144 cm³/mol. The lowest BCUT2D eigenvalue weighted by Crippen LogP contribution is -2.34. The second-order valence-corrected chi connectivity index (χ2v) is 9.58. The van der Waals surface area contributed by atoms with E-state index in [0.29, 0.717) is 28.4 Å². The molecule has 6 nitrogen and oxygen atoms in total. The van der Waals surface area contributed by atoms with Crippen LogP contribution in [0.15, 0.2) is 54.1 Å². The molecular weight excluding hydrogens is 476 g/mol. The van der Waals surface area contributed by atoms with Crippen molar-refractivity contribution < 1.29 is 19.4 Å². The first-order valence-corrected chi connectivity index (χ1v) is 13.2. The summed E-state index contributed by atoms with van der Waals surface area (Å²) in [6.07, 6.45) is 5.27. The molecule has 1 saturated heterocycles. The summed E-state index contributed by atoms with van der Waals surface area (Å²) < 4.78 is 5.58. The van der Waals surface area contributed by atoms with Crippen LogP contribution < -0.4 is 4.74 Å². The Morgan fingerprint density at radius 3 is 2.19 bits per heavy atom. The number of carbonyl (C=O) groups is 2. The lowest BCUT2D eigenvalue weighted by atomic mass is 9.94. The standard InChI is InChI=1S/C29H37ClN2O4/c1-4-6-17-31(18-7-5-2)19-10-20-32-26(23-11-8-9-12-24(23)36-3)25(28(34)29(32)35)27(33)21-13-15-22(30)16-14-21/h8-9,11-16,26,33H,4-7,10,17-20H2,1-3H3/t26-/m0/s1. The molecule has 1 amide bonds. The summed E-state index contributed by atoms with van der Waals surface area (Å²) in [6, 6.07) is 13.2. The molecule has 3 rings (SSSR count). The third kappa shape index (κ3) is 6.48. The van der Waals surface area contributed by atoms with Crippen LogP contribution in [0.25, 0.3) is 5.76 Å². The molecule has 0 bridgehead atoms. The van der Waals surface area contributed by atoms with Crippen LogP contribution in [0.1, 0.15) is 63.1 Å². The number of hydrogen-bond donors (Lipinski definition) is 1. The van der Waals surface area contributed by atoms with E-state index in [9.17, 15) is 14.7 Å². The molecule has 2 aromatic carbocycles.